The quantitative estimate of drug-likeness (QED) is 0.0320. The van der Waals surface area contributed by atoms with Gasteiger partial charge in [-0.15, -0.1) is 0 Å². The Morgan fingerprint density at radius 2 is 0.540 bits per heavy atom. The normalized spacial score (nSPS) is 12.6. The van der Waals surface area contributed by atoms with Gasteiger partial charge in [0.1, 0.15) is 0 Å². The van der Waals surface area contributed by atoms with Crippen LogP contribution in [0.25, 0.3) is 0 Å². The van der Waals surface area contributed by atoms with Gasteiger partial charge >= 0.3 is 5.97 Å². The van der Waals surface area contributed by atoms with Crippen molar-refractivity contribution in [1.82, 2.24) is 5.32 Å². The first-order valence-corrected chi connectivity index (χ1v) is 39.8. The smallest absolute Gasteiger partial charge is 0.305 e. The molecule has 0 heterocycles. The van der Waals surface area contributed by atoms with Gasteiger partial charge < -0.3 is 20.3 Å². The number of nitrogens with one attached hydrogen (secondary N) is 1. The van der Waals surface area contributed by atoms with Crippen LogP contribution in [0.4, 0.5) is 0 Å². The predicted octanol–water partition coefficient (Wildman–Crippen LogP) is 26.2. The number of hydrogen-bond acceptors (Lipinski definition) is 5. The zero-order valence-corrected chi connectivity index (χ0v) is 59.0. The zero-order valence-electron chi connectivity index (χ0n) is 59.0. The van der Waals surface area contributed by atoms with Crippen LogP contribution in [-0.4, -0.2) is 47.4 Å². The van der Waals surface area contributed by atoms with Gasteiger partial charge in [0, 0.05) is 12.8 Å². The molecule has 0 saturated heterocycles. The molecule has 0 saturated carbocycles. The maximum Gasteiger partial charge on any atom is 0.305 e. The molecule has 0 radical (unpaired) electrons. The minimum absolute atomic E-state index is 0.0149. The number of aliphatic hydroxyl groups excluding tert-OH is 2. The Bertz CT molecular complexity index is 1410. The van der Waals surface area contributed by atoms with Gasteiger partial charge in [-0.05, 0) is 83.5 Å². The summed E-state index contributed by atoms with van der Waals surface area (Å²) in [5.41, 5.74) is 0. The summed E-state index contributed by atoms with van der Waals surface area (Å²) in [7, 11) is 0. The minimum Gasteiger partial charge on any atom is -0.466 e. The minimum atomic E-state index is -0.845. The molecule has 0 aromatic rings. The standard InChI is InChI=1S/C81H155NO5/c1-3-5-7-9-11-13-15-17-19-21-22-23-35-38-42-45-49-53-57-61-65-69-73-79(84)78(77-83)82-80(85)74-70-66-62-58-54-50-46-43-39-36-33-31-29-27-25-24-26-28-30-32-34-37-40-44-48-52-56-60-64-68-72-76-87-81(86)75-71-67-63-59-55-51-47-41-20-18-16-14-12-10-8-6-4-2/h18,20,26,28,69,73,78-79,83-84H,3-17,19,21-25,27,29-68,70-72,74-77H2,1-2H3,(H,82,85)/b20-18-,28-26-,73-69+. The number of hydrogen-bond donors (Lipinski definition) is 3. The summed E-state index contributed by atoms with van der Waals surface area (Å²) < 4.78 is 5.51. The van der Waals surface area contributed by atoms with E-state index in [1.807, 2.05) is 6.08 Å². The maximum absolute atomic E-state index is 12.5. The van der Waals surface area contributed by atoms with E-state index >= 15 is 0 Å². The second-order valence-electron chi connectivity index (χ2n) is 27.4. The summed E-state index contributed by atoms with van der Waals surface area (Å²) in [6.45, 7) is 4.95. The molecule has 0 aliphatic rings. The van der Waals surface area contributed by atoms with E-state index in [2.05, 4.69) is 43.5 Å². The lowest BCUT2D eigenvalue weighted by atomic mass is 10.0. The van der Waals surface area contributed by atoms with Crippen molar-refractivity contribution in [2.75, 3.05) is 13.2 Å². The molecular formula is C81H155NO5. The highest BCUT2D eigenvalue weighted by Gasteiger charge is 2.18. The molecule has 0 aliphatic heterocycles. The van der Waals surface area contributed by atoms with E-state index in [1.54, 1.807) is 6.08 Å². The van der Waals surface area contributed by atoms with Gasteiger partial charge in [-0.3, -0.25) is 9.59 Å². The number of carbonyl (C=O) groups excluding carboxylic acids is 2. The first kappa shape index (κ1) is 85.1. The van der Waals surface area contributed by atoms with Crippen LogP contribution in [0.1, 0.15) is 444 Å². The van der Waals surface area contributed by atoms with Crippen LogP contribution >= 0.6 is 0 Å². The van der Waals surface area contributed by atoms with E-state index in [1.165, 1.54) is 372 Å². The van der Waals surface area contributed by atoms with Gasteiger partial charge in [0.15, 0.2) is 0 Å². The van der Waals surface area contributed by atoms with Gasteiger partial charge in [-0.1, -0.05) is 384 Å². The Morgan fingerprint density at radius 3 is 0.816 bits per heavy atom. The van der Waals surface area contributed by atoms with E-state index in [4.69, 9.17) is 4.74 Å². The molecule has 6 heteroatoms. The van der Waals surface area contributed by atoms with Gasteiger partial charge in [0.05, 0.1) is 25.4 Å². The molecule has 514 valence electrons. The van der Waals surface area contributed by atoms with Crippen LogP contribution in [-0.2, 0) is 14.3 Å². The number of amides is 1. The number of rotatable bonds is 75. The third-order valence-corrected chi connectivity index (χ3v) is 18.6. The predicted molar refractivity (Wildman–Crippen MR) is 384 cm³/mol. The molecule has 0 spiro atoms. The highest BCUT2D eigenvalue weighted by Crippen LogP contribution is 2.19. The van der Waals surface area contributed by atoms with Crippen LogP contribution in [0.3, 0.4) is 0 Å². The maximum atomic E-state index is 12.5. The van der Waals surface area contributed by atoms with Crippen molar-refractivity contribution in [2.24, 2.45) is 0 Å². The van der Waals surface area contributed by atoms with E-state index in [0.717, 1.165) is 44.9 Å². The lowest BCUT2D eigenvalue weighted by Crippen LogP contribution is -2.45. The topological polar surface area (TPSA) is 95.9 Å². The van der Waals surface area contributed by atoms with Crippen molar-refractivity contribution >= 4 is 11.9 Å². The molecule has 2 unspecified atom stereocenters. The molecule has 87 heavy (non-hydrogen) atoms. The van der Waals surface area contributed by atoms with Crippen LogP contribution < -0.4 is 5.32 Å². The van der Waals surface area contributed by atoms with Crippen molar-refractivity contribution < 1.29 is 24.5 Å². The van der Waals surface area contributed by atoms with Crippen molar-refractivity contribution in [3.05, 3.63) is 36.5 Å². The molecule has 0 aromatic carbocycles. The lowest BCUT2D eigenvalue weighted by Gasteiger charge is -2.20. The van der Waals surface area contributed by atoms with Gasteiger partial charge in [0.2, 0.25) is 5.91 Å². The SMILES string of the molecule is CCCCCCCC/C=C\CCCCCCCCCC(=O)OCCCCCCCCCCCCCC/C=C\CCCCCCCCCCCCCCCCCC(=O)NC(CO)C(O)/C=C/CCCCCCCCCCCCCCCCCCCCCC. The Kier molecular flexibility index (Phi) is 74.8. The number of unbranched alkanes of at least 4 members (excludes halogenated alkanes) is 60. The van der Waals surface area contributed by atoms with E-state index < -0.39 is 12.1 Å². The number of carbonyl (C=O) groups is 2. The Hall–Kier alpha value is -1.92. The van der Waals surface area contributed by atoms with E-state index in [0.29, 0.717) is 19.4 Å². The molecule has 3 N–H and O–H groups in total. The van der Waals surface area contributed by atoms with E-state index in [-0.39, 0.29) is 18.5 Å². The molecule has 1 amide bonds. The van der Waals surface area contributed by atoms with Gasteiger partial charge in [-0.25, -0.2) is 0 Å². The van der Waals surface area contributed by atoms with E-state index in [9.17, 15) is 19.8 Å². The first-order valence-electron chi connectivity index (χ1n) is 39.8. The molecule has 2 atom stereocenters. The Balaban J connectivity index is 3.38. The van der Waals surface area contributed by atoms with Crippen molar-refractivity contribution in [3.63, 3.8) is 0 Å². The first-order chi connectivity index (χ1) is 43.0. The molecule has 0 bridgehead atoms. The summed E-state index contributed by atoms with van der Waals surface area (Å²) in [5.74, 6) is -0.0464. The fraction of sp³-hybridized carbons (Fsp3) is 0.901. The molecule has 0 fully saturated rings. The molecule has 0 rings (SSSR count). The second-order valence-corrected chi connectivity index (χ2v) is 27.4. The zero-order chi connectivity index (χ0) is 62.8. The highest BCUT2D eigenvalue weighted by atomic mass is 16.5. The summed E-state index contributed by atoms with van der Waals surface area (Å²) in [5, 5.41) is 23.3. The Morgan fingerprint density at radius 1 is 0.310 bits per heavy atom. The second kappa shape index (κ2) is 76.5. The monoisotopic (exact) mass is 1220 g/mol. The number of aliphatic hydroxyl groups is 2. The third-order valence-electron chi connectivity index (χ3n) is 18.6. The van der Waals surface area contributed by atoms with Crippen LogP contribution in [0.2, 0.25) is 0 Å². The van der Waals surface area contributed by atoms with Crippen LogP contribution in [0, 0.1) is 0 Å². The van der Waals surface area contributed by atoms with Gasteiger partial charge in [0.25, 0.3) is 0 Å². The largest absolute Gasteiger partial charge is 0.466 e. The summed E-state index contributed by atoms with van der Waals surface area (Å²) in [6, 6.07) is -0.628. The molecule has 0 aliphatic carbocycles. The summed E-state index contributed by atoms with van der Waals surface area (Å²) >= 11 is 0. The van der Waals surface area contributed by atoms with Gasteiger partial charge in [-0.2, -0.15) is 0 Å². The van der Waals surface area contributed by atoms with Crippen LogP contribution in [0.5, 0.6) is 0 Å². The summed E-state index contributed by atoms with van der Waals surface area (Å²) in [6.07, 6.45) is 99.8. The highest BCUT2D eigenvalue weighted by molar-refractivity contribution is 5.76. The van der Waals surface area contributed by atoms with Crippen molar-refractivity contribution in [3.8, 4) is 0 Å². The molecule has 0 aromatic heterocycles. The third kappa shape index (κ3) is 73.0. The molecular weight excluding hydrogens is 1070 g/mol. The summed E-state index contributed by atoms with van der Waals surface area (Å²) in [4.78, 5) is 24.7. The fourth-order valence-corrected chi connectivity index (χ4v) is 12.6. The average molecular weight is 1220 g/mol. The number of allylic oxidation sites excluding steroid dienone is 5. The number of ether oxygens (including phenoxy) is 1. The van der Waals surface area contributed by atoms with Crippen molar-refractivity contribution in [1.29, 1.82) is 0 Å². The number of esters is 1. The Labute approximate surface area is 544 Å². The average Bonchev–Trinajstić information content (AvgIpc) is 3.53. The van der Waals surface area contributed by atoms with Crippen molar-refractivity contribution in [2.45, 2.75) is 456 Å². The molecule has 6 nitrogen and oxygen atoms in total. The lowest BCUT2D eigenvalue weighted by molar-refractivity contribution is -0.143. The fourth-order valence-electron chi connectivity index (χ4n) is 12.6. The van der Waals surface area contributed by atoms with Crippen LogP contribution in [0.15, 0.2) is 36.5 Å².